The molecular formula is C28H30N2O3. The highest BCUT2D eigenvalue weighted by Crippen LogP contribution is 2.66. The van der Waals surface area contributed by atoms with E-state index in [1.807, 2.05) is 25.1 Å². The highest BCUT2D eigenvalue weighted by molar-refractivity contribution is 5.78. The summed E-state index contributed by atoms with van der Waals surface area (Å²) in [7, 11) is 0. The van der Waals surface area contributed by atoms with Gasteiger partial charge in [0.05, 0.1) is 11.1 Å². The van der Waals surface area contributed by atoms with Crippen molar-refractivity contribution in [3.8, 4) is 0 Å². The number of benzene rings is 1. The number of pyridine rings is 1. The molecule has 33 heavy (non-hydrogen) atoms. The average molecular weight is 443 g/mol. The van der Waals surface area contributed by atoms with E-state index in [-0.39, 0.29) is 23.6 Å². The Kier molecular flexibility index (Phi) is 4.55. The van der Waals surface area contributed by atoms with Crippen molar-refractivity contribution in [1.82, 2.24) is 9.38 Å². The van der Waals surface area contributed by atoms with E-state index in [0.717, 1.165) is 25.0 Å². The van der Waals surface area contributed by atoms with Crippen LogP contribution in [0.15, 0.2) is 53.3 Å². The number of aryl methyl sites for hydroxylation is 2. The molecule has 0 spiro atoms. The topological polar surface area (TPSA) is 60.7 Å². The highest BCUT2D eigenvalue weighted by Gasteiger charge is 2.61. The van der Waals surface area contributed by atoms with Crippen LogP contribution in [0.25, 0.3) is 5.65 Å². The molecular weight excluding hydrogens is 412 g/mol. The van der Waals surface area contributed by atoms with Crippen molar-refractivity contribution >= 4 is 11.6 Å². The second-order valence-electron chi connectivity index (χ2n) is 10.9. The first-order chi connectivity index (χ1) is 15.9. The van der Waals surface area contributed by atoms with Crippen LogP contribution in [0, 0.1) is 31.1 Å². The number of hydrogen-bond acceptors (Lipinski definition) is 4. The third kappa shape index (κ3) is 3.32. The monoisotopic (exact) mass is 442 g/mol. The summed E-state index contributed by atoms with van der Waals surface area (Å²) in [5, 5.41) is 0. The van der Waals surface area contributed by atoms with Gasteiger partial charge in [-0.25, -0.2) is 4.98 Å². The maximum absolute atomic E-state index is 13.6. The smallest absolute Gasteiger partial charge is 0.312 e. The zero-order chi connectivity index (χ0) is 22.8. The molecule has 4 aliphatic carbocycles. The Morgan fingerprint density at radius 3 is 2.52 bits per heavy atom. The van der Waals surface area contributed by atoms with Gasteiger partial charge in [0.1, 0.15) is 12.3 Å². The molecule has 4 aliphatic rings. The van der Waals surface area contributed by atoms with Gasteiger partial charge in [0.2, 0.25) is 0 Å². The molecule has 1 aromatic carbocycles. The number of fused-ring (bicyclic) bond motifs is 1. The molecule has 4 saturated carbocycles. The average Bonchev–Trinajstić information content (AvgIpc) is 2.77. The first-order valence-electron chi connectivity index (χ1n) is 12.1. The molecule has 2 unspecified atom stereocenters. The SMILES string of the molecule is Cc1ccc(C23CC4CC(CC(C(=O)OCc5cc(=O)n6c(C)cccc6n5)(C4)C2)C3)cc1. The Labute approximate surface area is 193 Å². The van der Waals surface area contributed by atoms with Crippen LogP contribution in [0.3, 0.4) is 0 Å². The van der Waals surface area contributed by atoms with Gasteiger partial charge in [-0.1, -0.05) is 35.9 Å². The minimum absolute atomic E-state index is 0.0487. The molecule has 3 aromatic rings. The van der Waals surface area contributed by atoms with E-state index in [1.54, 1.807) is 4.40 Å². The molecule has 7 rings (SSSR count). The van der Waals surface area contributed by atoms with E-state index in [0.29, 0.717) is 23.2 Å². The summed E-state index contributed by atoms with van der Waals surface area (Å²) < 4.78 is 7.48. The lowest BCUT2D eigenvalue weighted by Crippen LogP contribution is -2.57. The number of ether oxygens (including phenoxy) is 1. The number of carbonyl (C=O) groups is 1. The molecule has 170 valence electrons. The van der Waals surface area contributed by atoms with Crippen LogP contribution in [-0.4, -0.2) is 15.4 Å². The standard InChI is InChI=1S/C28H30N2O3/c1-18-6-8-22(9-7-18)27-12-20-10-21(13-27)15-28(14-20,17-27)26(32)33-16-23-11-25(31)30-19(2)4-3-5-24(30)29-23/h3-9,11,20-21H,10,12-17H2,1-2H3. The van der Waals surface area contributed by atoms with Crippen LogP contribution in [-0.2, 0) is 21.6 Å². The molecule has 0 radical (unpaired) electrons. The number of carbonyl (C=O) groups excluding carboxylic acids is 1. The van der Waals surface area contributed by atoms with Gasteiger partial charge in [-0.15, -0.1) is 0 Å². The van der Waals surface area contributed by atoms with Gasteiger partial charge in [0.25, 0.3) is 5.56 Å². The molecule has 0 saturated heterocycles. The summed E-state index contributed by atoms with van der Waals surface area (Å²) in [5.74, 6) is 1.08. The zero-order valence-electron chi connectivity index (χ0n) is 19.3. The van der Waals surface area contributed by atoms with Crippen molar-refractivity contribution in [2.75, 3.05) is 0 Å². The van der Waals surface area contributed by atoms with Gasteiger partial charge < -0.3 is 4.74 Å². The predicted octanol–water partition coefficient (Wildman–Crippen LogP) is 4.89. The summed E-state index contributed by atoms with van der Waals surface area (Å²) in [6.45, 7) is 4.05. The molecule has 2 heterocycles. The third-order valence-corrected chi connectivity index (χ3v) is 8.44. The Morgan fingerprint density at radius 2 is 1.79 bits per heavy atom. The van der Waals surface area contributed by atoms with Crippen LogP contribution in [0.1, 0.15) is 61.0 Å². The van der Waals surface area contributed by atoms with Crippen molar-refractivity contribution in [2.24, 2.45) is 17.3 Å². The number of nitrogens with zero attached hydrogens (tertiary/aromatic N) is 2. The maximum atomic E-state index is 13.6. The van der Waals surface area contributed by atoms with E-state index in [4.69, 9.17) is 4.74 Å². The lowest BCUT2D eigenvalue weighted by Gasteiger charge is -2.61. The van der Waals surface area contributed by atoms with E-state index in [1.165, 1.54) is 36.5 Å². The normalized spacial score (nSPS) is 30.0. The molecule has 0 aliphatic heterocycles. The van der Waals surface area contributed by atoms with Crippen molar-refractivity contribution in [2.45, 2.75) is 64.4 Å². The maximum Gasteiger partial charge on any atom is 0.312 e. The van der Waals surface area contributed by atoms with Crippen molar-refractivity contribution in [1.29, 1.82) is 0 Å². The number of aromatic nitrogens is 2. The van der Waals surface area contributed by atoms with Crippen LogP contribution in [0.4, 0.5) is 0 Å². The molecule has 4 bridgehead atoms. The molecule has 5 heteroatoms. The number of esters is 1. The molecule has 2 atom stereocenters. The molecule has 0 amide bonds. The molecule has 5 nitrogen and oxygen atoms in total. The second kappa shape index (κ2) is 7.28. The second-order valence-corrected chi connectivity index (χ2v) is 10.9. The summed E-state index contributed by atoms with van der Waals surface area (Å²) in [6.07, 6.45) is 6.35. The third-order valence-electron chi connectivity index (χ3n) is 8.44. The van der Waals surface area contributed by atoms with Crippen LogP contribution in [0.5, 0.6) is 0 Å². The Bertz CT molecular complexity index is 1290. The Balaban J connectivity index is 1.26. The van der Waals surface area contributed by atoms with Crippen molar-refractivity contribution in [3.05, 3.63) is 81.4 Å². The summed E-state index contributed by atoms with van der Waals surface area (Å²) in [4.78, 5) is 30.7. The van der Waals surface area contributed by atoms with Crippen LogP contribution < -0.4 is 5.56 Å². The fourth-order valence-corrected chi connectivity index (χ4v) is 7.48. The largest absolute Gasteiger partial charge is 0.459 e. The first-order valence-corrected chi connectivity index (χ1v) is 12.1. The van der Waals surface area contributed by atoms with Gasteiger partial charge in [-0.2, -0.15) is 0 Å². The lowest BCUT2D eigenvalue weighted by atomic mass is 9.43. The minimum Gasteiger partial charge on any atom is -0.459 e. The summed E-state index contributed by atoms with van der Waals surface area (Å²) in [6, 6.07) is 16.0. The fourth-order valence-electron chi connectivity index (χ4n) is 7.48. The van der Waals surface area contributed by atoms with E-state index in [2.05, 4.69) is 36.2 Å². The molecule has 0 N–H and O–H groups in total. The van der Waals surface area contributed by atoms with Crippen LogP contribution >= 0.6 is 0 Å². The summed E-state index contributed by atoms with van der Waals surface area (Å²) >= 11 is 0. The first kappa shape index (κ1) is 20.6. The van der Waals surface area contributed by atoms with Gasteiger partial charge >= 0.3 is 5.97 Å². The van der Waals surface area contributed by atoms with Crippen molar-refractivity contribution < 1.29 is 9.53 Å². The van der Waals surface area contributed by atoms with Gasteiger partial charge in [0, 0.05) is 11.8 Å². The van der Waals surface area contributed by atoms with Gasteiger partial charge in [0.15, 0.2) is 0 Å². The van der Waals surface area contributed by atoms with E-state index in [9.17, 15) is 9.59 Å². The molecule has 2 aromatic heterocycles. The molecule has 4 fully saturated rings. The van der Waals surface area contributed by atoms with Gasteiger partial charge in [-0.3, -0.25) is 14.0 Å². The van der Waals surface area contributed by atoms with Crippen LogP contribution in [0.2, 0.25) is 0 Å². The summed E-state index contributed by atoms with van der Waals surface area (Å²) in [5.41, 5.74) is 4.14. The quantitative estimate of drug-likeness (QED) is 0.540. The van der Waals surface area contributed by atoms with Gasteiger partial charge in [-0.05, 0) is 87.3 Å². The zero-order valence-corrected chi connectivity index (χ0v) is 19.3. The van der Waals surface area contributed by atoms with Crippen molar-refractivity contribution in [3.63, 3.8) is 0 Å². The number of rotatable bonds is 4. The fraction of sp³-hybridized carbons (Fsp3) is 0.464. The highest BCUT2D eigenvalue weighted by atomic mass is 16.5. The predicted molar refractivity (Wildman–Crippen MR) is 126 cm³/mol. The minimum atomic E-state index is -0.405. The van der Waals surface area contributed by atoms with E-state index >= 15 is 0 Å². The number of hydrogen-bond donors (Lipinski definition) is 0. The lowest BCUT2D eigenvalue weighted by molar-refractivity contribution is -0.175. The Hall–Kier alpha value is -2.95. The van der Waals surface area contributed by atoms with E-state index < -0.39 is 5.41 Å². The Morgan fingerprint density at radius 1 is 1.06 bits per heavy atom.